The Kier molecular flexibility index (Phi) is 39.5. The minimum absolute atomic E-state index is 0.0822. The Morgan fingerprint density at radius 1 is 0.365 bits per heavy atom. The van der Waals surface area contributed by atoms with Gasteiger partial charge in [0.1, 0.15) is 13.2 Å². The Balaban J connectivity index is 4.39. The number of esters is 3. The van der Waals surface area contributed by atoms with Gasteiger partial charge in [-0.2, -0.15) is 0 Å². The summed E-state index contributed by atoms with van der Waals surface area (Å²) in [5.74, 6) is -0.913. The first kappa shape index (κ1) is 49.6. The van der Waals surface area contributed by atoms with Crippen LogP contribution in [0.5, 0.6) is 0 Å². The second kappa shape index (κ2) is 41.4. The van der Waals surface area contributed by atoms with Crippen molar-refractivity contribution >= 4 is 17.9 Å². The molecular weight excluding hydrogens is 648 g/mol. The molecular formula is C46H82O6. The molecule has 6 heteroatoms. The topological polar surface area (TPSA) is 78.9 Å². The van der Waals surface area contributed by atoms with Crippen molar-refractivity contribution in [1.82, 2.24) is 0 Å². The van der Waals surface area contributed by atoms with Gasteiger partial charge in [-0.25, -0.2) is 0 Å². The third-order valence-electron chi connectivity index (χ3n) is 9.32. The number of unbranched alkanes of at least 4 members (excludes halogenated alkanes) is 22. The van der Waals surface area contributed by atoms with E-state index in [9.17, 15) is 14.4 Å². The van der Waals surface area contributed by atoms with E-state index in [1.54, 1.807) is 0 Å². The Morgan fingerprint density at radius 2 is 0.692 bits per heavy atom. The molecule has 1 atom stereocenters. The van der Waals surface area contributed by atoms with Crippen LogP contribution in [0.4, 0.5) is 0 Å². The molecule has 0 N–H and O–H groups in total. The molecule has 302 valence electrons. The van der Waals surface area contributed by atoms with Crippen LogP contribution >= 0.6 is 0 Å². The highest BCUT2D eigenvalue weighted by molar-refractivity contribution is 5.71. The second-order valence-corrected chi connectivity index (χ2v) is 14.6. The lowest BCUT2D eigenvalue weighted by Gasteiger charge is -2.18. The van der Waals surface area contributed by atoms with Gasteiger partial charge in [-0.3, -0.25) is 14.4 Å². The van der Waals surface area contributed by atoms with Crippen molar-refractivity contribution in [2.45, 2.75) is 226 Å². The first-order valence-electron chi connectivity index (χ1n) is 22.0. The molecule has 0 saturated heterocycles. The SMILES string of the molecule is CCC/C=C\CCCCCCCC(=O)OCC(COC(=O)CCCCCCC/C=C\CCCCCC)OC(=O)CCCCCCC/C=C\CCCC. The summed E-state index contributed by atoms with van der Waals surface area (Å²) in [6, 6.07) is 0. The molecule has 1 unspecified atom stereocenters. The summed E-state index contributed by atoms with van der Waals surface area (Å²) in [5, 5.41) is 0. The van der Waals surface area contributed by atoms with E-state index in [4.69, 9.17) is 14.2 Å². The van der Waals surface area contributed by atoms with Gasteiger partial charge in [0, 0.05) is 19.3 Å². The van der Waals surface area contributed by atoms with Crippen molar-refractivity contribution in [1.29, 1.82) is 0 Å². The van der Waals surface area contributed by atoms with Crippen molar-refractivity contribution in [3.05, 3.63) is 36.5 Å². The van der Waals surface area contributed by atoms with Crippen molar-refractivity contribution < 1.29 is 28.6 Å². The van der Waals surface area contributed by atoms with E-state index in [0.717, 1.165) is 89.9 Å². The van der Waals surface area contributed by atoms with Gasteiger partial charge < -0.3 is 14.2 Å². The van der Waals surface area contributed by atoms with Crippen LogP contribution in [0.1, 0.15) is 220 Å². The second-order valence-electron chi connectivity index (χ2n) is 14.6. The maximum atomic E-state index is 12.7. The summed E-state index contributed by atoms with van der Waals surface area (Å²) in [6.45, 7) is 6.49. The molecule has 0 aliphatic carbocycles. The van der Waals surface area contributed by atoms with Crippen LogP contribution in [0.3, 0.4) is 0 Å². The van der Waals surface area contributed by atoms with E-state index in [-0.39, 0.29) is 31.1 Å². The van der Waals surface area contributed by atoms with Crippen molar-refractivity contribution in [3.8, 4) is 0 Å². The summed E-state index contributed by atoms with van der Waals surface area (Å²) >= 11 is 0. The normalized spacial score (nSPS) is 12.3. The predicted molar refractivity (Wildman–Crippen MR) is 219 cm³/mol. The van der Waals surface area contributed by atoms with E-state index in [1.807, 2.05) is 0 Å². The molecule has 0 bridgehead atoms. The maximum absolute atomic E-state index is 12.7. The Morgan fingerprint density at radius 3 is 1.10 bits per heavy atom. The largest absolute Gasteiger partial charge is 0.462 e. The molecule has 0 spiro atoms. The van der Waals surface area contributed by atoms with Crippen molar-refractivity contribution in [2.24, 2.45) is 0 Å². The highest BCUT2D eigenvalue weighted by Gasteiger charge is 2.19. The zero-order valence-corrected chi connectivity index (χ0v) is 34.3. The Labute approximate surface area is 321 Å². The molecule has 0 saturated carbocycles. The molecule has 0 aliphatic heterocycles. The minimum atomic E-state index is -0.777. The van der Waals surface area contributed by atoms with Gasteiger partial charge in [-0.05, 0) is 83.5 Å². The van der Waals surface area contributed by atoms with Crippen LogP contribution in [0.2, 0.25) is 0 Å². The zero-order valence-electron chi connectivity index (χ0n) is 34.3. The number of ether oxygens (including phenoxy) is 3. The average Bonchev–Trinajstić information content (AvgIpc) is 3.14. The molecule has 6 nitrogen and oxygen atoms in total. The monoisotopic (exact) mass is 731 g/mol. The van der Waals surface area contributed by atoms with Gasteiger partial charge in [0.2, 0.25) is 0 Å². The van der Waals surface area contributed by atoms with Crippen LogP contribution in [0.25, 0.3) is 0 Å². The molecule has 0 heterocycles. The van der Waals surface area contributed by atoms with Crippen LogP contribution < -0.4 is 0 Å². The molecule has 0 aliphatic rings. The number of hydrogen-bond acceptors (Lipinski definition) is 6. The number of hydrogen-bond donors (Lipinski definition) is 0. The third kappa shape index (κ3) is 38.9. The Bertz CT molecular complexity index is 891. The van der Waals surface area contributed by atoms with E-state index in [1.165, 1.54) is 89.9 Å². The molecule has 0 radical (unpaired) electrons. The van der Waals surface area contributed by atoms with E-state index in [0.29, 0.717) is 19.3 Å². The number of carbonyl (C=O) groups excluding carboxylic acids is 3. The number of allylic oxidation sites excluding steroid dienone is 6. The van der Waals surface area contributed by atoms with E-state index >= 15 is 0 Å². The van der Waals surface area contributed by atoms with Gasteiger partial charge in [0.05, 0.1) is 0 Å². The van der Waals surface area contributed by atoms with Crippen LogP contribution in [-0.4, -0.2) is 37.2 Å². The van der Waals surface area contributed by atoms with E-state index in [2.05, 4.69) is 57.2 Å². The van der Waals surface area contributed by atoms with E-state index < -0.39 is 6.10 Å². The first-order valence-corrected chi connectivity index (χ1v) is 22.0. The fraction of sp³-hybridized carbons (Fsp3) is 0.804. The predicted octanol–water partition coefficient (Wildman–Crippen LogP) is 13.8. The van der Waals surface area contributed by atoms with Gasteiger partial charge >= 0.3 is 17.9 Å². The van der Waals surface area contributed by atoms with Crippen molar-refractivity contribution in [3.63, 3.8) is 0 Å². The summed E-state index contributed by atoms with van der Waals surface area (Å²) in [4.78, 5) is 37.6. The Hall–Kier alpha value is -2.37. The fourth-order valence-corrected chi connectivity index (χ4v) is 5.95. The summed E-state index contributed by atoms with van der Waals surface area (Å²) in [7, 11) is 0. The molecule has 0 amide bonds. The van der Waals surface area contributed by atoms with Gasteiger partial charge in [0.25, 0.3) is 0 Å². The molecule has 52 heavy (non-hydrogen) atoms. The average molecular weight is 731 g/mol. The summed E-state index contributed by atoms with van der Waals surface area (Å²) in [5.41, 5.74) is 0. The zero-order chi connectivity index (χ0) is 38.0. The maximum Gasteiger partial charge on any atom is 0.306 e. The number of rotatable bonds is 39. The lowest BCUT2D eigenvalue weighted by atomic mass is 10.1. The van der Waals surface area contributed by atoms with Crippen LogP contribution in [-0.2, 0) is 28.6 Å². The van der Waals surface area contributed by atoms with Crippen LogP contribution in [0, 0.1) is 0 Å². The number of carbonyl (C=O) groups is 3. The summed E-state index contributed by atoms with van der Waals surface area (Å²) < 4.78 is 16.6. The lowest BCUT2D eigenvalue weighted by Crippen LogP contribution is -2.30. The molecule has 0 rings (SSSR count). The van der Waals surface area contributed by atoms with Gasteiger partial charge in [-0.15, -0.1) is 0 Å². The smallest absolute Gasteiger partial charge is 0.306 e. The molecule has 0 aromatic carbocycles. The van der Waals surface area contributed by atoms with Crippen LogP contribution in [0.15, 0.2) is 36.5 Å². The van der Waals surface area contributed by atoms with Gasteiger partial charge in [-0.1, -0.05) is 154 Å². The first-order chi connectivity index (χ1) is 25.5. The summed E-state index contributed by atoms with van der Waals surface area (Å²) in [6.07, 6.45) is 45.5. The van der Waals surface area contributed by atoms with Gasteiger partial charge in [0.15, 0.2) is 6.10 Å². The van der Waals surface area contributed by atoms with Crippen molar-refractivity contribution in [2.75, 3.05) is 13.2 Å². The molecule has 0 aromatic heterocycles. The third-order valence-corrected chi connectivity index (χ3v) is 9.32. The fourth-order valence-electron chi connectivity index (χ4n) is 5.95. The lowest BCUT2D eigenvalue weighted by molar-refractivity contribution is -0.167. The highest BCUT2D eigenvalue weighted by Crippen LogP contribution is 2.13. The highest BCUT2D eigenvalue weighted by atomic mass is 16.6. The minimum Gasteiger partial charge on any atom is -0.462 e. The quantitative estimate of drug-likeness (QED) is 0.0271. The molecule has 0 fully saturated rings. The standard InChI is InChI=1S/C46H82O6/c1-4-7-10-13-16-19-22-23-25-27-30-33-36-39-45(48)51-42-43(41-50-44(47)38-35-32-29-26-21-18-15-12-9-6-3)52-46(49)40-37-34-31-28-24-20-17-14-11-8-5-2/h12,14-15,17,19,22,43H,4-11,13,16,18,20-21,23-42H2,1-3H3/b15-12-,17-14-,22-19-. The molecule has 0 aromatic rings.